The van der Waals surface area contributed by atoms with Crippen LogP contribution in [-0.4, -0.2) is 50.1 Å². The van der Waals surface area contributed by atoms with Gasteiger partial charge in [-0.3, -0.25) is 4.79 Å². The van der Waals surface area contributed by atoms with Crippen LogP contribution in [0.5, 0.6) is 0 Å². The molecular weight excluding hydrogens is 348 g/mol. The summed E-state index contributed by atoms with van der Waals surface area (Å²) in [5.74, 6) is -0.575. The molecule has 27 heavy (non-hydrogen) atoms. The SMILES string of the molecule is C=CC(=O)OCCOCCOC(C)OC(C)(C)C(=O)c1ccc(CC)cc1. The summed E-state index contributed by atoms with van der Waals surface area (Å²) < 4.78 is 21.4. The highest BCUT2D eigenvalue weighted by atomic mass is 16.7. The van der Waals surface area contributed by atoms with E-state index < -0.39 is 17.9 Å². The van der Waals surface area contributed by atoms with Crippen LogP contribution in [0.4, 0.5) is 0 Å². The van der Waals surface area contributed by atoms with Gasteiger partial charge in [-0.05, 0) is 32.8 Å². The van der Waals surface area contributed by atoms with Gasteiger partial charge in [-0.15, -0.1) is 0 Å². The van der Waals surface area contributed by atoms with E-state index in [1.54, 1.807) is 20.8 Å². The lowest BCUT2D eigenvalue weighted by Crippen LogP contribution is -2.39. The van der Waals surface area contributed by atoms with E-state index in [0.717, 1.165) is 12.5 Å². The molecule has 0 heterocycles. The predicted octanol–water partition coefficient (Wildman–Crippen LogP) is 3.34. The van der Waals surface area contributed by atoms with Crippen LogP contribution < -0.4 is 0 Å². The minimum atomic E-state index is -1.01. The Kier molecular flexibility index (Phi) is 9.93. The van der Waals surface area contributed by atoms with Gasteiger partial charge in [0.25, 0.3) is 0 Å². The van der Waals surface area contributed by atoms with Crippen molar-refractivity contribution in [3.63, 3.8) is 0 Å². The third-order valence-electron chi connectivity index (χ3n) is 3.85. The van der Waals surface area contributed by atoms with Crippen molar-refractivity contribution >= 4 is 11.8 Å². The van der Waals surface area contributed by atoms with Crippen LogP contribution in [0.1, 0.15) is 43.6 Å². The maximum absolute atomic E-state index is 12.7. The molecule has 0 aliphatic heterocycles. The Morgan fingerprint density at radius 3 is 2.33 bits per heavy atom. The van der Waals surface area contributed by atoms with Crippen LogP contribution in [0.3, 0.4) is 0 Å². The maximum atomic E-state index is 12.7. The molecule has 0 fully saturated rings. The van der Waals surface area contributed by atoms with Crippen LogP contribution in [0, 0.1) is 0 Å². The molecule has 0 saturated carbocycles. The predicted molar refractivity (Wildman–Crippen MR) is 103 cm³/mol. The molecule has 6 heteroatoms. The van der Waals surface area contributed by atoms with Crippen molar-refractivity contribution in [1.29, 1.82) is 0 Å². The summed E-state index contributed by atoms with van der Waals surface area (Å²) in [6, 6.07) is 7.55. The number of aryl methyl sites for hydroxylation is 1. The summed E-state index contributed by atoms with van der Waals surface area (Å²) in [5.41, 5.74) is 0.787. The van der Waals surface area contributed by atoms with E-state index in [0.29, 0.717) is 18.8 Å². The zero-order chi connectivity index (χ0) is 20.3. The molecule has 1 aromatic rings. The van der Waals surface area contributed by atoms with Crippen LogP contribution in [0.15, 0.2) is 36.9 Å². The van der Waals surface area contributed by atoms with Gasteiger partial charge in [0, 0.05) is 11.6 Å². The molecule has 150 valence electrons. The van der Waals surface area contributed by atoms with Gasteiger partial charge in [0.2, 0.25) is 0 Å². The molecule has 0 radical (unpaired) electrons. The van der Waals surface area contributed by atoms with Crippen molar-refractivity contribution in [3.8, 4) is 0 Å². The first-order valence-electron chi connectivity index (χ1n) is 9.10. The van der Waals surface area contributed by atoms with E-state index in [9.17, 15) is 9.59 Å². The lowest BCUT2D eigenvalue weighted by atomic mass is 9.95. The number of ketones is 1. The Hall–Kier alpha value is -2.02. The largest absolute Gasteiger partial charge is 0.460 e. The van der Waals surface area contributed by atoms with Gasteiger partial charge < -0.3 is 18.9 Å². The number of hydrogen-bond acceptors (Lipinski definition) is 6. The molecule has 1 atom stereocenters. The van der Waals surface area contributed by atoms with Gasteiger partial charge in [0.15, 0.2) is 12.1 Å². The Bertz CT molecular complexity index is 606. The van der Waals surface area contributed by atoms with E-state index in [-0.39, 0.29) is 19.0 Å². The zero-order valence-corrected chi connectivity index (χ0v) is 16.7. The summed E-state index contributed by atoms with van der Waals surface area (Å²) in [6.07, 6.45) is 1.46. The van der Waals surface area contributed by atoms with Crippen molar-refractivity contribution in [2.24, 2.45) is 0 Å². The molecule has 1 rings (SSSR count). The number of Topliss-reactive ketones (excluding diaryl/α,β-unsaturated/α-hetero) is 1. The normalized spacial score (nSPS) is 12.4. The Morgan fingerprint density at radius 2 is 1.74 bits per heavy atom. The van der Waals surface area contributed by atoms with E-state index in [2.05, 4.69) is 13.5 Å². The average molecular weight is 378 g/mol. The van der Waals surface area contributed by atoms with E-state index in [1.807, 2.05) is 24.3 Å². The number of benzene rings is 1. The fraction of sp³-hybridized carbons (Fsp3) is 0.524. The molecule has 0 spiro atoms. The van der Waals surface area contributed by atoms with E-state index in [4.69, 9.17) is 18.9 Å². The number of ether oxygens (including phenoxy) is 4. The Morgan fingerprint density at radius 1 is 1.11 bits per heavy atom. The Balaban J connectivity index is 2.32. The average Bonchev–Trinajstić information content (AvgIpc) is 2.66. The molecule has 0 bridgehead atoms. The van der Waals surface area contributed by atoms with Crippen LogP contribution in [0.2, 0.25) is 0 Å². The van der Waals surface area contributed by atoms with Crippen molar-refractivity contribution in [2.75, 3.05) is 26.4 Å². The molecule has 0 aromatic heterocycles. The molecule has 0 aliphatic rings. The molecule has 0 saturated heterocycles. The lowest BCUT2D eigenvalue weighted by molar-refractivity contribution is -0.180. The molecule has 6 nitrogen and oxygen atoms in total. The first kappa shape index (κ1) is 23.0. The standard InChI is InChI=1S/C21H30O6/c1-6-17-8-10-18(11-9-17)20(23)21(4,5)27-16(3)25-14-12-24-13-15-26-19(22)7-2/h7-11,16H,2,6,12-15H2,1,3-5H3. The monoisotopic (exact) mass is 378 g/mol. The second-order valence-corrected chi connectivity index (χ2v) is 6.43. The quantitative estimate of drug-likeness (QED) is 0.172. The summed E-state index contributed by atoms with van der Waals surface area (Å²) in [4.78, 5) is 23.5. The van der Waals surface area contributed by atoms with Gasteiger partial charge in [0.05, 0.1) is 19.8 Å². The molecule has 0 amide bonds. The highest BCUT2D eigenvalue weighted by Gasteiger charge is 2.31. The topological polar surface area (TPSA) is 71.1 Å². The maximum Gasteiger partial charge on any atom is 0.330 e. The molecule has 1 unspecified atom stereocenters. The molecular formula is C21H30O6. The summed E-state index contributed by atoms with van der Waals surface area (Å²) in [7, 11) is 0. The minimum absolute atomic E-state index is 0.0964. The smallest absolute Gasteiger partial charge is 0.330 e. The molecule has 0 aliphatic carbocycles. The third kappa shape index (κ3) is 8.47. The van der Waals surface area contributed by atoms with Crippen molar-refractivity contribution in [1.82, 2.24) is 0 Å². The number of carbonyl (C=O) groups excluding carboxylic acids is 2. The molecule has 0 N–H and O–H groups in total. The number of esters is 1. The summed E-state index contributed by atoms with van der Waals surface area (Å²) >= 11 is 0. The van der Waals surface area contributed by atoms with Gasteiger partial charge in [0.1, 0.15) is 12.2 Å². The van der Waals surface area contributed by atoms with Crippen LogP contribution >= 0.6 is 0 Å². The van der Waals surface area contributed by atoms with Gasteiger partial charge in [-0.1, -0.05) is 37.8 Å². The Labute approximate surface area is 161 Å². The van der Waals surface area contributed by atoms with Crippen molar-refractivity contribution in [2.45, 2.75) is 46.0 Å². The fourth-order valence-corrected chi connectivity index (χ4v) is 2.38. The first-order valence-corrected chi connectivity index (χ1v) is 9.10. The van der Waals surface area contributed by atoms with Crippen molar-refractivity contribution in [3.05, 3.63) is 48.0 Å². The zero-order valence-electron chi connectivity index (χ0n) is 16.7. The third-order valence-corrected chi connectivity index (χ3v) is 3.85. The van der Waals surface area contributed by atoms with E-state index >= 15 is 0 Å². The van der Waals surface area contributed by atoms with Gasteiger partial charge in [-0.25, -0.2) is 4.79 Å². The minimum Gasteiger partial charge on any atom is -0.460 e. The second-order valence-electron chi connectivity index (χ2n) is 6.43. The highest BCUT2D eigenvalue weighted by Crippen LogP contribution is 2.20. The lowest BCUT2D eigenvalue weighted by Gasteiger charge is -2.28. The highest BCUT2D eigenvalue weighted by molar-refractivity contribution is 6.02. The van der Waals surface area contributed by atoms with Gasteiger partial charge >= 0.3 is 5.97 Å². The second kappa shape index (κ2) is 11.6. The number of carbonyl (C=O) groups is 2. The summed E-state index contributed by atoms with van der Waals surface area (Å²) in [6.45, 7) is 11.6. The first-order chi connectivity index (χ1) is 12.8. The number of rotatable bonds is 13. The van der Waals surface area contributed by atoms with Crippen LogP contribution in [-0.2, 0) is 30.2 Å². The summed E-state index contributed by atoms with van der Waals surface area (Å²) in [5, 5.41) is 0. The van der Waals surface area contributed by atoms with Crippen LogP contribution in [0.25, 0.3) is 0 Å². The number of hydrogen-bond donors (Lipinski definition) is 0. The molecule has 1 aromatic carbocycles. The van der Waals surface area contributed by atoms with Crippen molar-refractivity contribution < 1.29 is 28.5 Å². The van der Waals surface area contributed by atoms with E-state index in [1.165, 1.54) is 5.56 Å². The fourth-order valence-electron chi connectivity index (χ4n) is 2.38. The van der Waals surface area contributed by atoms with Gasteiger partial charge in [-0.2, -0.15) is 0 Å².